The average Bonchev–Trinajstić information content (AvgIpc) is 2.69. The first-order chi connectivity index (χ1) is 14.1. The van der Waals surface area contributed by atoms with Gasteiger partial charge in [-0.05, 0) is 56.7 Å². The number of hydrogen-bond donors (Lipinski definition) is 2. The van der Waals surface area contributed by atoms with Gasteiger partial charge >= 0.3 is 0 Å². The van der Waals surface area contributed by atoms with Crippen LogP contribution in [0.4, 0.5) is 5.69 Å². The van der Waals surface area contributed by atoms with E-state index in [2.05, 4.69) is 10.0 Å². The van der Waals surface area contributed by atoms with Crippen molar-refractivity contribution in [2.24, 2.45) is 0 Å². The molecule has 0 radical (unpaired) electrons. The molecule has 162 valence electrons. The Morgan fingerprint density at radius 2 is 1.67 bits per heavy atom. The Morgan fingerprint density at radius 3 is 2.27 bits per heavy atom. The molecule has 7 nitrogen and oxygen atoms in total. The minimum atomic E-state index is -3.99. The first-order valence-electron chi connectivity index (χ1n) is 9.23. The van der Waals surface area contributed by atoms with Crippen molar-refractivity contribution in [3.63, 3.8) is 0 Å². The predicted octanol–water partition coefficient (Wildman–Crippen LogP) is 3.70. The molecule has 0 aliphatic carbocycles. The molecule has 0 aliphatic rings. The van der Waals surface area contributed by atoms with Crippen molar-refractivity contribution in [1.29, 1.82) is 0 Å². The summed E-state index contributed by atoms with van der Waals surface area (Å²) in [6.45, 7) is 6.30. The highest BCUT2D eigenvalue weighted by molar-refractivity contribution is 7.92. The van der Waals surface area contributed by atoms with Crippen LogP contribution in [-0.4, -0.2) is 44.8 Å². The van der Waals surface area contributed by atoms with Gasteiger partial charge in [-0.3, -0.25) is 14.3 Å². The van der Waals surface area contributed by atoms with Gasteiger partial charge in [0.2, 0.25) is 5.91 Å². The number of carbonyl (C=O) groups excluding carboxylic acids is 2. The smallest absolute Gasteiger partial charge is 0.261 e. The summed E-state index contributed by atoms with van der Waals surface area (Å²) in [6.07, 6.45) is 0. The van der Waals surface area contributed by atoms with E-state index in [0.717, 1.165) is 11.6 Å². The summed E-state index contributed by atoms with van der Waals surface area (Å²) < 4.78 is 27.9. The lowest BCUT2D eigenvalue weighted by Crippen LogP contribution is -2.40. The molecule has 0 fully saturated rings. The second-order valence-corrected chi connectivity index (χ2v) is 8.96. The molecular weight excluding hydrogens is 449 g/mol. The Morgan fingerprint density at radius 1 is 1.00 bits per heavy atom. The third-order valence-corrected chi connectivity index (χ3v) is 6.55. The highest BCUT2D eigenvalue weighted by Gasteiger charge is 2.20. The molecule has 10 heteroatoms. The molecule has 0 aliphatic heterocycles. The molecule has 0 aromatic heterocycles. The Hall–Kier alpha value is -2.29. The van der Waals surface area contributed by atoms with E-state index < -0.39 is 15.9 Å². The van der Waals surface area contributed by atoms with Crippen molar-refractivity contribution in [1.82, 2.24) is 10.2 Å². The van der Waals surface area contributed by atoms with E-state index in [1.165, 1.54) is 18.2 Å². The molecule has 0 spiro atoms. The summed E-state index contributed by atoms with van der Waals surface area (Å²) in [7, 11) is -3.99. The minimum Gasteiger partial charge on any atom is -0.343 e. The zero-order valence-corrected chi connectivity index (χ0v) is 19.2. The standard InChI is InChI=1S/C20H23Cl2N3O4S/c1-4-25(5-2)19(26)12-23-20(27)16-11-15(8-9-17(16)21)30(28,29)24-14-7-6-13(3)18(22)10-14/h6-11,24H,4-5,12H2,1-3H3,(H,23,27). The van der Waals surface area contributed by atoms with Gasteiger partial charge in [0, 0.05) is 18.1 Å². The Bertz CT molecular complexity index is 1050. The molecule has 0 atom stereocenters. The highest BCUT2D eigenvalue weighted by Crippen LogP contribution is 2.25. The van der Waals surface area contributed by atoms with Crippen molar-refractivity contribution in [2.75, 3.05) is 24.4 Å². The van der Waals surface area contributed by atoms with E-state index in [1.807, 2.05) is 13.8 Å². The van der Waals surface area contributed by atoms with Crippen LogP contribution in [0.25, 0.3) is 0 Å². The van der Waals surface area contributed by atoms with Gasteiger partial charge in [-0.1, -0.05) is 29.3 Å². The van der Waals surface area contributed by atoms with Crippen LogP contribution >= 0.6 is 23.2 Å². The molecule has 0 saturated carbocycles. The number of hydrogen-bond acceptors (Lipinski definition) is 4. The number of benzene rings is 2. The van der Waals surface area contributed by atoms with Gasteiger partial charge in [0.05, 0.1) is 27.7 Å². The van der Waals surface area contributed by atoms with Crippen LogP contribution in [0.15, 0.2) is 41.3 Å². The first-order valence-corrected chi connectivity index (χ1v) is 11.5. The number of carbonyl (C=O) groups is 2. The second-order valence-electron chi connectivity index (χ2n) is 6.46. The Kier molecular flexibility index (Phi) is 8.11. The van der Waals surface area contributed by atoms with Crippen LogP contribution in [0.2, 0.25) is 10.0 Å². The minimum absolute atomic E-state index is 0.0474. The molecule has 2 aromatic rings. The molecule has 2 amide bonds. The SMILES string of the molecule is CCN(CC)C(=O)CNC(=O)c1cc(S(=O)(=O)Nc2ccc(C)c(Cl)c2)ccc1Cl. The molecule has 2 rings (SSSR count). The summed E-state index contributed by atoms with van der Waals surface area (Å²) >= 11 is 12.1. The van der Waals surface area contributed by atoms with Crippen LogP contribution in [0.3, 0.4) is 0 Å². The quantitative estimate of drug-likeness (QED) is 0.613. The van der Waals surface area contributed by atoms with Crippen molar-refractivity contribution in [3.8, 4) is 0 Å². The molecule has 2 N–H and O–H groups in total. The third kappa shape index (κ3) is 5.87. The number of amides is 2. The van der Waals surface area contributed by atoms with Crippen molar-refractivity contribution >= 4 is 50.7 Å². The van der Waals surface area contributed by atoms with Gasteiger partial charge < -0.3 is 10.2 Å². The van der Waals surface area contributed by atoms with E-state index in [4.69, 9.17) is 23.2 Å². The lowest BCUT2D eigenvalue weighted by molar-refractivity contribution is -0.129. The van der Waals surface area contributed by atoms with Crippen molar-refractivity contribution < 1.29 is 18.0 Å². The maximum atomic E-state index is 12.7. The summed E-state index contributed by atoms with van der Waals surface area (Å²) in [5.41, 5.74) is 1.05. The van der Waals surface area contributed by atoms with E-state index in [9.17, 15) is 18.0 Å². The number of nitrogens with zero attached hydrogens (tertiary/aromatic N) is 1. The van der Waals surface area contributed by atoms with Gasteiger partial charge in [0.15, 0.2) is 0 Å². The maximum Gasteiger partial charge on any atom is 0.261 e. The fourth-order valence-electron chi connectivity index (χ4n) is 2.66. The number of rotatable bonds is 8. The Labute approximate surface area is 186 Å². The van der Waals surface area contributed by atoms with Crippen LogP contribution in [0.1, 0.15) is 29.8 Å². The van der Waals surface area contributed by atoms with Gasteiger partial charge in [-0.25, -0.2) is 8.42 Å². The number of likely N-dealkylation sites (N-methyl/N-ethyl adjacent to an activating group) is 1. The topological polar surface area (TPSA) is 95.6 Å². The fraction of sp³-hybridized carbons (Fsp3) is 0.300. The van der Waals surface area contributed by atoms with Crippen molar-refractivity contribution in [3.05, 3.63) is 57.6 Å². The van der Waals surface area contributed by atoms with Gasteiger partial charge in [-0.15, -0.1) is 0 Å². The molecule has 0 heterocycles. The van der Waals surface area contributed by atoms with E-state index >= 15 is 0 Å². The lowest BCUT2D eigenvalue weighted by atomic mass is 10.2. The fourth-order valence-corrected chi connectivity index (χ4v) is 4.11. The monoisotopic (exact) mass is 471 g/mol. The maximum absolute atomic E-state index is 12.7. The summed E-state index contributed by atoms with van der Waals surface area (Å²) in [5.74, 6) is -0.887. The molecule has 0 unspecified atom stereocenters. The molecule has 30 heavy (non-hydrogen) atoms. The average molecular weight is 472 g/mol. The number of aryl methyl sites for hydroxylation is 1. The van der Waals surface area contributed by atoms with Crippen molar-refractivity contribution in [2.45, 2.75) is 25.7 Å². The summed E-state index contributed by atoms with van der Waals surface area (Å²) in [5, 5.41) is 2.97. The normalized spacial score (nSPS) is 11.1. The number of halogens is 2. The molecule has 0 bridgehead atoms. The van der Waals surface area contributed by atoms with Crippen LogP contribution in [0, 0.1) is 6.92 Å². The lowest BCUT2D eigenvalue weighted by Gasteiger charge is -2.18. The van der Waals surface area contributed by atoms with Gasteiger partial charge in [-0.2, -0.15) is 0 Å². The first kappa shape index (κ1) is 24.0. The number of anilines is 1. The van der Waals surface area contributed by atoms with E-state index in [-0.39, 0.29) is 33.6 Å². The summed E-state index contributed by atoms with van der Waals surface area (Å²) in [4.78, 5) is 26.0. The number of nitrogens with one attached hydrogen (secondary N) is 2. The van der Waals surface area contributed by atoms with E-state index in [0.29, 0.717) is 18.1 Å². The molecular formula is C20H23Cl2N3O4S. The largest absolute Gasteiger partial charge is 0.343 e. The Balaban J connectivity index is 2.21. The van der Waals surface area contributed by atoms with Gasteiger partial charge in [0.25, 0.3) is 15.9 Å². The third-order valence-electron chi connectivity index (χ3n) is 4.43. The van der Waals surface area contributed by atoms with Gasteiger partial charge in [0.1, 0.15) is 0 Å². The zero-order chi connectivity index (χ0) is 22.5. The molecule has 0 saturated heterocycles. The zero-order valence-electron chi connectivity index (χ0n) is 16.8. The second kappa shape index (κ2) is 10.1. The summed E-state index contributed by atoms with van der Waals surface area (Å²) in [6, 6.07) is 8.54. The van der Waals surface area contributed by atoms with Crippen LogP contribution < -0.4 is 10.0 Å². The predicted molar refractivity (Wildman–Crippen MR) is 119 cm³/mol. The van der Waals surface area contributed by atoms with Crippen LogP contribution in [0.5, 0.6) is 0 Å². The molecule has 2 aromatic carbocycles. The number of sulfonamides is 1. The van der Waals surface area contributed by atoms with E-state index in [1.54, 1.807) is 24.0 Å². The van der Waals surface area contributed by atoms with Crippen LogP contribution in [-0.2, 0) is 14.8 Å². The highest BCUT2D eigenvalue weighted by atomic mass is 35.5.